The number of rotatable bonds is 6. The Kier molecular flexibility index (Phi) is 5.74. The molecule has 0 spiro atoms. The minimum absolute atomic E-state index is 0.113. The molecule has 0 saturated carbocycles. The zero-order valence-electron chi connectivity index (χ0n) is 13.2. The van der Waals surface area contributed by atoms with Gasteiger partial charge in [0.2, 0.25) is 0 Å². The fourth-order valence-corrected chi connectivity index (χ4v) is 2.03. The van der Waals surface area contributed by atoms with Gasteiger partial charge in [0, 0.05) is 5.69 Å². The van der Waals surface area contributed by atoms with Crippen molar-refractivity contribution in [2.24, 2.45) is 0 Å². The second-order valence-electron chi connectivity index (χ2n) is 5.10. The van der Waals surface area contributed by atoms with Gasteiger partial charge in [0.1, 0.15) is 5.75 Å². The molecule has 1 amide bonds. The van der Waals surface area contributed by atoms with Crippen LogP contribution in [0.5, 0.6) is 5.75 Å². The quantitative estimate of drug-likeness (QED) is 0.833. The first-order valence-electron chi connectivity index (χ1n) is 7.22. The molecule has 2 aromatic carbocycles. The molecule has 0 fully saturated rings. The fraction of sp³-hybridized carbons (Fsp3) is 0.222. The summed E-state index contributed by atoms with van der Waals surface area (Å²) in [5.74, 6) is -0.0899. The van der Waals surface area contributed by atoms with Gasteiger partial charge in [-0.15, -0.1) is 0 Å². The second-order valence-corrected chi connectivity index (χ2v) is 5.10. The van der Waals surface area contributed by atoms with E-state index >= 15 is 0 Å². The van der Waals surface area contributed by atoms with Crippen LogP contribution in [0.15, 0.2) is 48.5 Å². The van der Waals surface area contributed by atoms with Crippen molar-refractivity contribution in [2.45, 2.75) is 13.3 Å². The first-order valence-corrected chi connectivity index (χ1v) is 7.22. The third-order valence-electron chi connectivity index (χ3n) is 3.17. The van der Waals surface area contributed by atoms with Gasteiger partial charge in [0.05, 0.1) is 13.5 Å². The molecular formula is C18H19NO4. The van der Waals surface area contributed by atoms with Crippen LogP contribution in [0.1, 0.15) is 11.1 Å². The summed E-state index contributed by atoms with van der Waals surface area (Å²) >= 11 is 0. The zero-order valence-corrected chi connectivity index (χ0v) is 13.2. The largest absolute Gasteiger partial charge is 0.497 e. The van der Waals surface area contributed by atoms with Crippen LogP contribution in [0.4, 0.5) is 5.69 Å². The fourth-order valence-electron chi connectivity index (χ4n) is 2.03. The molecule has 0 atom stereocenters. The maximum absolute atomic E-state index is 11.8. The summed E-state index contributed by atoms with van der Waals surface area (Å²) in [7, 11) is 1.58. The van der Waals surface area contributed by atoms with Gasteiger partial charge >= 0.3 is 5.97 Å². The Morgan fingerprint density at radius 2 is 1.83 bits per heavy atom. The van der Waals surface area contributed by atoms with Gasteiger partial charge in [0.15, 0.2) is 6.61 Å². The van der Waals surface area contributed by atoms with E-state index in [1.165, 1.54) is 0 Å². The minimum atomic E-state index is -0.449. The predicted octanol–water partition coefficient (Wildman–Crippen LogP) is 2.73. The first kappa shape index (κ1) is 16.5. The Hall–Kier alpha value is -2.82. The van der Waals surface area contributed by atoms with E-state index in [1.54, 1.807) is 37.4 Å². The average Bonchev–Trinajstić information content (AvgIpc) is 2.54. The molecule has 0 heterocycles. The molecule has 0 aliphatic carbocycles. The summed E-state index contributed by atoms with van der Waals surface area (Å²) in [5.41, 5.74) is 2.52. The van der Waals surface area contributed by atoms with E-state index in [-0.39, 0.29) is 18.9 Å². The van der Waals surface area contributed by atoms with Crippen molar-refractivity contribution in [1.29, 1.82) is 0 Å². The number of nitrogens with one attached hydrogen (secondary N) is 1. The van der Waals surface area contributed by atoms with Crippen LogP contribution < -0.4 is 10.1 Å². The lowest BCUT2D eigenvalue weighted by molar-refractivity contribution is -0.146. The Morgan fingerprint density at radius 1 is 1.09 bits per heavy atom. The highest BCUT2D eigenvalue weighted by Gasteiger charge is 2.09. The number of ether oxygens (including phenoxy) is 2. The number of methoxy groups -OCH3 is 1. The van der Waals surface area contributed by atoms with Gasteiger partial charge in [0.25, 0.3) is 5.91 Å². The van der Waals surface area contributed by atoms with Gasteiger partial charge < -0.3 is 14.8 Å². The van der Waals surface area contributed by atoms with Crippen molar-refractivity contribution in [3.63, 3.8) is 0 Å². The van der Waals surface area contributed by atoms with Crippen molar-refractivity contribution in [1.82, 2.24) is 0 Å². The summed E-state index contributed by atoms with van der Waals surface area (Å²) in [6.45, 7) is 1.63. The van der Waals surface area contributed by atoms with Crippen LogP contribution in [0.3, 0.4) is 0 Å². The number of hydrogen-bond acceptors (Lipinski definition) is 4. The Labute approximate surface area is 135 Å². The second kappa shape index (κ2) is 7.98. The molecule has 0 saturated heterocycles. The molecular weight excluding hydrogens is 294 g/mol. The molecule has 23 heavy (non-hydrogen) atoms. The predicted molar refractivity (Wildman–Crippen MR) is 87.5 cm³/mol. The van der Waals surface area contributed by atoms with Crippen LogP contribution in [0.25, 0.3) is 0 Å². The number of esters is 1. The van der Waals surface area contributed by atoms with E-state index in [0.29, 0.717) is 5.69 Å². The van der Waals surface area contributed by atoms with Gasteiger partial charge in [-0.3, -0.25) is 9.59 Å². The first-order chi connectivity index (χ1) is 11.1. The topological polar surface area (TPSA) is 64.6 Å². The lowest BCUT2D eigenvalue weighted by Gasteiger charge is -2.07. The molecule has 0 unspecified atom stereocenters. The summed E-state index contributed by atoms with van der Waals surface area (Å²) in [6.07, 6.45) is 0.113. The smallest absolute Gasteiger partial charge is 0.310 e. The van der Waals surface area contributed by atoms with Crippen LogP contribution >= 0.6 is 0 Å². The molecule has 0 bridgehead atoms. The van der Waals surface area contributed by atoms with E-state index in [9.17, 15) is 9.59 Å². The minimum Gasteiger partial charge on any atom is -0.497 e. The third-order valence-corrected chi connectivity index (χ3v) is 3.17. The highest BCUT2D eigenvalue weighted by atomic mass is 16.5. The SMILES string of the molecule is COc1ccc(CC(=O)OCC(=O)Nc2cccc(C)c2)cc1. The van der Waals surface area contributed by atoms with E-state index < -0.39 is 5.97 Å². The summed E-state index contributed by atoms with van der Waals surface area (Å²) < 4.78 is 10.0. The van der Waals surface area contributed by atoms with Crippen molar-refractivity contribution < 1.29 is 19.1 Å². The number of hydrogen-bond donors (Lipinski definition) is 1. The van der Waals surface area contributed by atoms with Crippen LogP contribution in [-0.2, 0) is 20.7 Å². The Morgan fingerprint density at radius 3 is 2.48 bits per heavy atom. The van der Waals surface area contributed by atoms with Crippen molar-refractivity contribution in [3.05, 3.63) is 59.7 Å². The highest BCUT2D eigenvalue weighted by Crippen LogP contribution is 2.12. The van der Waals surface area contributed by atoms with Crippen LogP contribution in [0, 0.1) is 6.92 Å². The molecule has 0 aromatic heterocycles. The Bertz CT molecular complexity index is 680. The third kappa shape index (κ3) is 5.47. The van der Waals surface area contributed by atoms with Gasteiger partial charge in [-0.05, 0) is 42.3 Å². The van der Waals surface area contributed by atoms with Crippen molar-refractivity contribution in [3.8, 4) is 5.75 Å². The molecule has 5 heteroatoms. The molecule has 0 aliphatic rings. The number of aryl methyl sites for hydroxylation is 1. The van der Waals surface area contributed by atoms with Gasteiger partial charge in [-0.2, -0.15) is 0 Å². The number of carbonyl (C=O) groups excluding carboxylic acids is 2. The van der Waals surface area contributed by atoms with Crippen LogP contribution in [-0.4, -0.2) is 25.6 Å². The molecule has 0 radical (unpaired) electrons. The highest BCUT2D eigenvalue weighted by molar-refractivity contribution is 5.92. The number of anilines is 1. The average molecular weight is 313 g/mol. The Balaban J connectivity index is 1.78. The molecule has 2 aromatic rings. The zero-order chi connectivity index (χ0) is 16.7. The molecule has 120 valence electrons. The van der Waals surface area contributed by atoms with Gasteiger partial charge in [-0.1, -0.05) is 24.3 Å². The lowest BCUT2D eigenvalue weighted by atomic mass is 10.1. The van der Waals surface area contributed by atoms with Crippen LogP contribution in [0.2, 0.25) is 0 Å². The van der Waals surface area contributed by atoms with Crippen molar-refractivity contribution in [2.75, 3.05) is 19.0 Å². The van der Waals surface area contributed by atoms with E-state index in [0.717, 1.165) is 16.9 Å². The summed E-state index contributed by atoms with van der Waals surface area (Å²) in [5, 5.41) is 2.68. The summed E-state index contributed by atoms with van der Waals surface area (Å²) in [6, 6.07) is 14.5. The normalized spacial score (nSPS) is 10.0. The van der Waals surface area contributed by atoms with E-state index in [4.69, 9.17) is 9.47 Å². The van der Waals surface area contributed by atoms with E-state index in [1.807, 2.05) is 25.1 Å². The lowest BCUT2D eigenvalue weighted by Crippen LogP contribution is -2.21. The number of carbonyl (C=O) groups is 2. The van der Waals surface area contributed by atoms with Crippen molar-refractivity contribution >= 4 is 17.6 Å². The molecule has 0 aliphatic heterocycles. The van der Waals surface area contributed by atoms with Gasteiger partial charge in [-0.25, -0.2) is 0 Å². The maximum atomic E-state index is 11.8. The maximum Gasteiger partial charge on any atom is 0.310 e. The summed E-state index contributed by atoms with van der Waals surface area (Å²) in [4.78, 5) is 23.5. The number of benzene rings is 2. The molecule has 1 N–H and O–H groups in total. The monoisotopic (exact) mass is 313 g/mol. The molecule has 2 rings (SSSR count). The molecule has 5 nitrogen and oxygen atoms in total. The number of amides is 1. The van der Waals surface area contributed by atoms with E-state index in [2.05, 4.69) is 5.32 Å². The standard InChI is InChI=1S/C18H19NO4/c1-13-4-3-5-15(10-13)19-17(20)12-23-18(21)11-14-6-8-16(22-2)9-7-14/h3-10H,11-12H2,1-2H3,(H,19,20).